The number of unbranched alkanes of at least 4 members (excludes halogenated alkanes) is 1. The van der Waals surface area contributed by atoms with Gasteiger partial charge in [-0.2, -0.15) is 0 Å². The van der Waals surface area contributed by atoms with Crippen molar-refractivity contribution in [3.05, 3.63) is 0 Å². The number of rotatable bonds is 9. The minimum absolute atomic E-state index is 0.0702. The lowest BCUT2D eigenvalue weighted by molar-refractivity contribution is -0.154. The topological polar surface area (TPSA) is 120 Å². The Morgan fingerprint density at radius 2 is 1.75 bits per heavy atom. The van der Waals surface area contributed by atoms with E-state index in [0.717, 1.165) is 25.2 Å². The van der Waals surface area contributed by atoms with E-state index >= 15 is 0 Å². The van der Waals surface area contributed by atoms with E-state index in [-0.39, 0.29) is 18.0 Å². The van der Waals surface area contributed by atoms with Crippen molar-refractivity contribution < 1.29 is 23.9 Å². The molecule has 0 aromatic heterocycles. The summed E-state index contributed by atoms with van der Waals surface area (Å²) in [6, 6.07) is -1.42. The van der Waals surface area contributed by atoms with Gasteiger partial charge in [-0.25, -0.2) is 9.59 Å². The van der Waals surface area contributed by atoms with Crippen molar-refractivity contribution in [3.63, 3.8) is 0 Å². The third-order valence-electron chi connectivity index (χ3n) is 6.12. The maximum atomic E-state index is 12.9. The summed E-state index contributed by atoms with van der Waals surface area (Å²) in [5, 5.41) is 5.46. The molecule has 0 spiro atoms. The van der Waals surface area contributed by atoms with Crippen molar-refractivity contribution in [2.45, 2.75) is 116 Å². The number of esters is 1. The fraction of sp³-hybridized carbons (Fsp3) is 0.875. The van der Waals surface area contributed by atoms with Gasteiger partial charge in [-0.3, -0.25) is 4.79 Å². The molecule has 2 saturated carbocycles. The summed E-state index contributed by atoms with van der Waals surface area (Å²) < 4.78 is 11.1. The van der Waals surface area contributed by atoms with E-state index in [9.17, 15) is 14.4 Å². The molecule has 0 radical (unpaired) electrons. The van der Waals surface area contributed by atoms with Gasteiger partial charge in [0.25, 0.3) is 0 Å². The van der Waals surface area contributed by atoms with Crippen LogP contribution in [-0.4, -0.2) is 48.3 Å². The normalized spacial score (nSPS) is 25.1. The van der Waals surface area contributed by atoms with Crippen molar-refractivity contribution in [2.24, 2.45) is 17.6 Å². The van der Waals surface area contributed by atoms with Gasteiger partial charge in [0.1, 0.15) is 17.7 Å². The molecular weight excluding hydrogens is 410 g/mol. The minimum Gasteiger partial charge on any atom is -0.461 e. The summed E-state index contributed by atoms with van der Waals surface area (Å²) in [6.07, 6.45) is 9.12. The monoisotopic (exact) mass is 453 g/mol. The van der Waals surface area contributed by atoms with Crippen LogP contribution in [0.25, 0.3) is 0 Å². The Bertz CT molecular complexity index is 632. The molecule has 3 unspecified atom stereocenters. The second-order valence-electron chi connectivity index (χ2n) is 10.5. The van der Waals surface area contributed by atoms with Crippen LogP contribution in [0.4, 0.5) is 4.79 Å². The Balaban J connectivity index is 1.82. The highest BCUT2D eigenvalue weighted by Crippen LogP contribution is 2.47. The molecule has 0 aliphatic heterocycles. The van der Waals surface area contributed by atoms with E-state index in [2.05, 4.69) is 10.6 Å². The molecule has 32 heavy (non-hydrogen) atoms. The summed E-state index contributed by atoms with van der Waals surface area (Å²) in [7, 11) is 0. The number of nitrogens with one attached hydrogen (secondary N) is 2. The number of carbonyl (C=O) groups is 3. The first-order valence-electron chi connectivity index (χ1n) is 12.3. The molecule has 8 heteroatoms. The van der Waals surface area contributed by atoms with Gasteiger partial charge in [0.05, 0.1) is 6.04 Å². The molecule has 0 bridgehead atoms. The van der Waals surface area contributed by atoms with Crippen molar-refractivity contribution in [1.29, 1.82) is 0 Å². The van der Waals surface area contributed by atoms with Gasteiger partial charge < -0.3 is 25.8 Å². The Kier molecular flexibility index (Phi) is 10.3. The molecule has 2 fully saturated rings. The molecule has 0 aromatic carbocycles. The van der Waals surface area contributed by atoms with E-state index in [4.69, 9.17) is 15.2 Å². The van der Waals surface area contributed by atoms with Gasteiger partial charge in [0, 0.05) is 6.54 Å². The molecule has 8 nitrogen and oxygen atoms in total. The molecule has 0 heterocycles. The Hall–Kier alpha value is -1.83. The molecular formula is C24H43N3O5. The van der Waals surface area contributed by atoms with E-state index in [0.29, 0.717) is 31.7 Å². The average molecular weight is 454 g/mol. The molecule has 5 atom stereocenters. The summed E-state index contributed by atoms with van der Waals surface area (Å²) >= 11 is 0. The molecule has 4 N–H and O–H groups in total. The molecule has 0 saturated heterocycles. The molecule has 2 aliphatic carbocycles. The molecule has 184 valence electrons. The minimum atomic E-state index is -0.724. The Morgan fingerprint density at radius 3 is 2.44 bits per heavy atom. The molecule has 2 rings (SSSR count). The first-order valence-corrected chi connectivity index (χ1v) is 12.3. The maximum Gasteiger partial charge on any atom is 0.407 e. The molecule has 2 aliphatic rings. The average Bonchev–Trinajstić information content (AvgIpc) is 3.40. The van der Waals surface area contributed by atoms with Crippen LogP contribution in [0.2, 0.25) is 0 Å². The lowest BCUT2D eigenvalue weighted by atomic mass is 10.1. The van der Waals surface area contributed by atoms with Crippen LogP contribution in [0.1, 0.15) is 91.9 Å². The first kappa shape index (κ1) is 26.4. The molecule has 0 aromatic rings. The number of nitrogens with two attached hydrogens (primary N) is 1. The van der Waals surface area contributed by atoms with Crippen LogP contribution in [0.5, 0.6) is 0 Å². The fourth-order valence-electron chi connectivity index (χ4n) is 4.25. The highest BCUT2D eigenvalue weighted by atomic mass is 16.6. The smallest absolute Gasteiger partial charge is 0.407 e. The fourth-order valence-corrected chi connectivity index (χ4v) is 4.25. The maximum absolute atomic E-state index is 12.9. The standard InChI is InChI=1S/C24H43N3O5/c1-16(25)21(28)27-20(12-8-9-13-26-23(30)32-24(2,3)4)22(29)31-19-11-7-5-6-10-17-14-18(17)15-19/h16-20H,5-15,25H2,1-4H3,(H,26,30)(H,27,28)/t16-,17?,18?,19?,20-/m0/s1. The summed E-state index contributed by atoms with van der Waals surface area (Å²) in [6.45, 7) is 7.46. The second-order valence-corrected chi connectivity index (χ2v) is 10.5. The summed E-state index contributed by atoms with van der Waals surface area (Å²) in [4.78, 5) is 36.8. The third kappa shape index (κ3) is 10.2. The van der Waals surface area contributed by atoms with E-state index < -0.39 is 23.8 Å². The van der Waals surface area contributed by atoms with Crippen molar-refractivity contribution in [1.82, 2.24) is 10.6 Å². The number of hydrogen-bond donors (Lipinski definition) is 3. The number of amides is 2. The van der Waals surface area contributed by atoms with E-state index in [1.807, 2.05) is 20.8 Å². The molecule has 2 amide bonds. The number of ether oxygens (including phenoxy) is 2. The van der Waals surface area contributed by atoms with Gasteiger partial charge in [-0.05, 0) is 84.5 Å². The Labute approximate surface area is 192 Å². The predicted molar refractivity (Wildman–Crippen MR) is 123 cm³/mol. The quantitative estimate of drug-likeness (QED) is 0.363. The van der Waals surface area contributed by atoms with Gasteiger partial charge in [-0.15, -0.1) is 0 Å². The number of hydrogen-bond acceptors (Lipinski definition) is 6. The third-order valence-corrected chi connectivity index (χ3v) is 6.12. The second kappa shape index (κ2) is 12.4. The van der Waals surface area contributed by atoms with Crippen molar-refractivity contribution in [2.75, 3.05) is 6.54 Å². The van der Waals surface area contributed by atoms with Crippen LogP contribution in [-0.2, 0) is 19.1 Å². The van der Waals surface area contributed by atoms with E-state index in [1.165, 1.54) is 25.7 Å². The van der Waals surface area contributed by atoms with Crippen LogP contribution in [0, 0.1) is 11.8 Å². The zero-order valence-corrected chi connectivity index (χ0v) is 20.3. The van der Waals surface area contributed by atoms with Crippen LogP contribution in [0.15, 0.2) is 0 Å². The van der Waals surface area contributed by atoms with Gasteiger partial charge in [-0.1, -0.05) is 19.3 Å². The van der Waals surface area contributed by atoms with Crippen LogP contribution in [0.3, 0.4) is 0 Å². The van der Waals surface area contributed by atoms with E-state index in [1.54, 1.807) is 6.92 Å². The lowest BCUT2D eigenvalue weighted by Gasteiger charge is -2.23. The zero-order chi connectivity index (χ0) is 23.7. The lowest BCUT2D eigenvalue weighted by Crippen LogP contribution is -2.48. The van der Waals surface area contributed by atoms with Crippen LogP contribution >= 0.6 is 0 Å². The highest BCUT2D eigenvalue weighted by Gasteiger charge is 2.39. The van der Waals surface area contributed by atoms with Gasteiger partial charge in [0.15, 0.2) is 0 Å². The summed E-state index contributed by atoms with van der Waals surface area (Å²) in [5.74, 6) is 0.749. The number of alkyl carbamates (subject to hydrolysis) is 1. The van der Waals surface area contributed by atoms with Gasteiger partial charge >= 0.3 is 12.1 Å². The number of fused-ring (bicyclic) bond motifs is 1. The zero-order valence-electron chi connectivity index (χ0n) is 20.3. The van der Waals surface area contributed by atoms with Gasteiger partial charge in [0.2, 0.25) is 5.91 Å². The van der Waals surface area contributed by atoms with Crippen LogP contribution < -0.4 is 16.4 Å². The first-order chi connectivity index (χ1) is 15.0. The SMILES string of the molecule is C[C@H](N)C(=O)N[C@@H](CCCCNC(=O)OC(C)(C)C)C(=O)OC1CCCCCC2CC2C1. The van der Waals surface area contributed by atoms with Crippen molar-refractivity contribution in [3.8, 4) is 0 Å². The number of carbonyl (C=O) groups excluding carboxylic acids is 3. The summed E-state index contributed by atoms with van der Waals surface area (Å²) in [5.41, 5.74) is 5.14. The van der Waals surface area contributed by atoms with Crippen molar-refractivity contribution >= 4 is 18.0 Å². The Morgan fingerprint density at radius 1 is 1.03 bits per heavy atom. The highest BCUT2D eigenvalue weighted by molar-refractivity contribution is 5.87. The largest absolute Gasteiger partial charge is 0.461 e. The predicted octanol–water partition coefficient (Wildman–Crippen LogP) is 3.42.